The summed E-state index contributed by atoms with van der Waals surface area (Å²) in [6.07, 6.45) is 1.54. The molecule has 2 aromatic carbocycles. The van der Waals surface area contributed by atoms with E-state index in [1.807, 2.05) is 25.1 Å². The molecule has 0 aliphatic carbocycles. The molecule has 0 bridgehead atoms. The third-order valence-electron chi connectivity index (χ3n) is 4.43. The SMILES string of the molecule is Cc1sc2ncnc(Nc3ccc4c(c3)OCO4)c2c1-c1ccc(F)cc1. The Bertz CT molecular complexity index is 1160. The topological polar surface area (TPSA) is 56.3 Å². The minimum Gasteiger partial charge on any atom is -0.454 e. The summed E-state index contributed by atoms with van der Waals surface area (Å²) in [5.74, 6) is 1.87. The molecule has 5 nitrogen and oxygen atoms in total. The molecule has 1 aliphatic rings. The number of hydrogen-bond acceptors (Lipinski definition) is 6. The van der Waals surface area contributed by atoms with Gasteiger partial charge in [0.25, 0.3) is 0 Å². The molecule has 0 unspecified atom stereocenters. The van der Waals surface area contributed by atoms with Crippen molar-refractivity contribution >= 4 is 33.1 Å². The van der Waals surface area contributed by atoms with E-state index in [0.29, 0.717) is 11.6 Å². The van der Waals surface area contributed by atoms with Gasteiger partial charge in [0.2, 0.25) is 6.79 Å². The molecule has 0 saturated carbocycles. The van der Waals surface area contributed by atoms with E-state index >= 15 is 0 Å². The molecule has 7 heteroatoms. The average Bonchev–Trinajstić information content (AvgIpc) is 3.26. The van der Waals surface area contributed by atoms with E-state index < -0.39 is 0 Å². The first-order chi connectivity index (χ1) is 13.2. The normalized spacial score (nSPS) is 12.5. The van der Waals surface area contributed by atoms with E-state index in [4.69, 9.17) is 9.47 Å². The first kappa shape index (κ1) is 16.0. The monoisotopic (exact) mass is 379 g/mol. The van der Waals surface area contributed by atoms with Crippen LogP contribution in [0.3, 0.4) is 0 Å². The van der Waals surface area contributed by atoms with Crippen LogP contribution >= 0.6 is 11.3 Å². The highest BCUT2D eigenvalue weighted by Crippen LogP contribution is 2.42. The Morgan fingerprint density at radius 1 is 1.04 bits per heavy atom. The van der Waals surface area contributed by atoms with Crippen molar-refractivity contribution < 1.29 is 13.9 Å². The third kappa shape index (κ3) is 2.76. The molecule has 5 rings (SSSR count). The van der Waals surface area contributed by atoms with Gasteiger partial charge < -0.3 is 14.8 Å². The molecule has 4 aromatic rings. The van der Waals surface area contributed by atoms with Gasteiger partial charge in [0.05, 0.1) is 5.39 Å². The van der Waals surface area contributed by atoms with Gasteiger partial charge in [-0.3, -0.25) is 0 Å². The second kappa shape index (κ2) is 6.21. The molecule has 1 aliphatic heterocycles. The number of aryl methyl sites for hydroxylation is 1. The van der Waals surface area contributed by atoms with Crippen LogP contribution in [-0.4, -0.2) is 16.8 Å². The van der Waals surface area contributed by atoms with Crippen LogP contribution in [0, 0.1) is 12.7 Å². The third-order valence-corrected chi connectivity index (χ3v) is 5.45. The van der Waals surface area contributed by atoms with Crippen molar-refractivity contribution in [3.63, 3.8) is 0 Å². The molecule has 3 heterocycles. The van der Waals surface area contributed by atoms with Crippen LogP contribution in [0.1, 0.15) is 4.88 Å². The first-order valence-corrected chi connectivity index (χ1v) is 9.17. The van der Waals surface area contributed by atoms with Crippen LogP contribution in [0.2, 0.25) is 0 Å². The Balaban J connectivity index is 1.63. The van der Waals surface area contributed by atoms with E-state index in [-0.39, 0.29) is 12.6 Å². The number of rotatable bonds is 3. The number of ether oxygens (including phenoxy) is 2. The van der Waals surface area contributed by atoms with E-state index in [1.54, 1.807) is 29.8 Å². The van der Waals surface area contributed by atoms with Crippen molar-refractivity contribution in [3.05, 3.63) is 59.5 Å². The van der Waals surface area contributed by atoms with Crippen molar-refractivity contribution in [2.45, 2.75) is 6.92 Å². The predicted octanol–water partition coefficient (Wildman–Crippen LogP) is 5.28. The zero-order valence-corrected chi connectivity index (χ0v) is 15.1. The van der Waals surface area contributed by atoms with Gasteiger partial charge in [0.1, 0.15) is 22.8 Å². The van der Waals surface area contributed by atoms with Crippen LogP contribution in [-0.2, 0) is 0 Å². The molecule has 2 aromatic heterocycles. The number of benzene rings is 2. The number of hydrogen-bond donors (Lipinski definition) is 1. The number of anilines is 2. The van der Waals surface area contributed by atoms with Crippen molar-refractivity contribution in [2.75, 3.05) is 12.1 Å². The fraction of sp³-hybridized carbons (Fsp3) is 0.100. The van der Waals surface area contributed by atoms with Gasteiger partial charge in [-0.1, -0.05) is 12.1 Å². The summed E-state index contributed by atoms with van der Waals surface area (Å²) in [5, 5.41) is 4.28. The minimum absolute atomic E-state index is 0.231. The summed E-state index contributed by atoms with van der Waals surface area (Å²) in [4.78, 5) is 10.8. The Hall–Kier alpha value is -3.19. The van der Waals surface area contributed by atoms with Crippen molar-refractivity contribution in [1.82, 2.24) is 9.97 Å². The molecule has 27 heavy (non-hydrogen) atoms. The molecule has 134 valence electrons. The van der Waals surface area contributed by atoms with Gasteiger partial charge in [0.15, 0.2) is 11.5 Å². The van der Waals surface area contributed by atoms with Crippen LogP contribution in [0.15, 0.2) is 48.8 Å². The average molecular weight is 379 g/mol. The summed E-state index contributed by atoms with van der Waals surface area (Å²) in [7, 11) is 0. The molecule has 0 fully saturated rings. The lowest BCUT2D eigenvalue weighted by molar-refractivity contribution is 0.174. The number of aromatic nitrogens is 2. The standard InChI is InChI=1S/C20H14FN3O2S/c1-11-17(12-2-4-13(21)5-3-12)18-19(22-9-23-20(18)27-11)24-14-6-7-15-16(8-14)26-10-25-15/h2-9H,10H2,1H3,(H,22,23,24). The molecule has 0 atom stereocenters. The number of halogens is 1. The van der Waals surface area contributed by atoms with Crippen LogP contribution < -0.4 is 14.8 Å². The zero-order valence-electron chi connectivity index (χ0n) is 14.3. The maximum Gasteiger partial charge on any atom is 0.231 e. The molecule has 1 N–H and O–H groups in total. The van der Waals surface area contributed by atoms with E-state index in [1.165, 1.54) is 12.1 Å². The lowest BCUT2D eigenvalue weighted by Gasteiger charge is -2.09. The summed E-state index contributed by atoms with van der Waals surface area (Å²) in [5.41, 5.74) is 2.79. The number of nitrogens with one attached hydrogen (secondary N) is 1. The lowest BCUT2D eigenvalue weighted by Crippen LogP contribution is -1.96. The highest BCUT2D eigenvalue weighted by molar-refractivity contribution is 7.19. The number of fused-ring (bicyclic) bond motifs is 2. The van der Waals surface area contributed by atoms with E-state index in [9.17, 15) is 4.39 Å². The Kier molecular flexibility index (Phi) is 3.68. The summed E-state index contributed by atoms with van der Waals surface area (Å²) < 4.78 is 24.2. The second-order valence-electron chi connectivity index (χ2n) is 6.14. The van der Waals surface area contributed by atoms with Crippen LogP contribution in [0.4, 0.5) is 15.9 Å². The van der Waals surface area contributed by atoms with Gasteiger partial charge in [0, 0.05) is 22.2 Å². The van der Waals surface area contributed by atoms with Gasteiger partial charge in [-0.05, 0) is 36.8 Å². The molecule has 0 saturated heterocycles. The molecule has 0 amide bonds. The lowest BCUT2D eigenvalue weighted by atomic mass is 10.0. The first-order valence-electron chi connectivity index (χ1n) is 8.36. The Morgan fingerprint density at radius 2 is 1.85 bits per heavy atom. The predicted molar refractivity (Wildman–Crippen MR) is 103 cm³/mol. The molecule has 0 spiro atoms. The largest absolute Gasteiger partial charge is 0.454 e. The second-order valence-corrected chi connectivity index (χ2v) is 7.34. The van der Waals surface area contributed by atoms with Gasteiger partial charge in [-0.2, -0.15) is 0 Å². The highest BCUT2D eigenvalue weighted by atomic mass is 32.1. The Morgan fingerprint density at radius 3 is 2.70 bits per heavy atom. The maximum absolute atomic E-state index is 13.4. The smallest absolute Gasteiger partial charge is 0.231 e. The van der Waals surface area contributed by atoms with Gasteiger partial charge >= 0.3 is 0 Å². The minimum atomic E-state index is -0.258. The highest BCUT2D eigenvalue weighted by Gasteiger charge is 2.18. The summed E-state index contributed by atoms with van der Waals surface area (Å²) in [6, 6.07) is 12.1. The molecular formula is C20H14FN3O2S. The number of thiophene rings is 1. The fourth-order valence-corrected chi connectivity index (χ4v) is 4.23. The number of nitrogens with zero attached hydrogens (tertiary/aromatic N) is 2. The van der Waals surface area contributed by atoms with Crippen molar-refractivity contribution in [2.24, 2.45) is 0 Å². The Labute approximate surface area is 158 Å². The zero-order chi connectivity index (χ0) is 18.4. The quantitative estimate of drug-likeness (QED) is 0.525. The van der Waals surface area contributed by atoms with Crippen LogP contribution in [0.5, 0.6) is 11.5 Å². The molecular weight excluding hydrogens is 365 g/mol. The van der Waals surface area contributed by atoms with E-state index in [0.717, 1.165) is 37.7 Å². The van der Waals surface area contributed by atoms with Crippen molar-refractivity contribution in [3.8, 4) is 22.6 Å². The summed E-state index contributed by atoms with van der Waals surface area (Å²) >= 11 is 1.59. The van der Waals surface area contributed by atoms with Crippen LogP contribution in [0.25, 0.3) is 21.3 Å². The summed E-state index contributed by atoms with van der Waals surface area (Å²) in [6.45, 7) is 2.27. The van der Waals surface area contributed by atoms with E-state index in [2.05, 4.69) is 15.3 Å². The van der Waals surface area contributed by atoms with Gasteiger partial charge in [-0.25, -0.2) is 14.4 Å². The maximum atomic E-state index is 13.4. The van der Waals surface area contributed by atoms with Gasteiger partial charge in [-0.15, -0.1) is 11.3 Å². The fourth-order valence-electron chi connectivity index (χ4n) is 3.21. The van der Waals surface area contributed by atoms with Crippen molar-refractivity contribution in [1.29, 1.82) is 0 Å². The molecule has 0 radical (unpaired) electrons.